The van der Waals surface area contributed by atoms with Gasteiger partial charge in [-0.25, -0.2) is 4.98 Å². The lowest BCUT2D eigenvalue weighted by Gasteiger charge is -2.15. The number of aliphatic hydroxyl groups is 2. The van der Waals surface area contributed by atoms with Gasteiger partial charge in [0.25, 0.3) is 0 Å². The van der Waals surface area contributed by atoms with E-state index in [4.69, 9.17) is 15.2 Å². The van der Waals surface area contributed by atoms with E-state index in [1.807, 2.05) is 6.92 Å². The van der Waals surface area contributed by atoms with E-state index in [0.717, 1.165) is 6.42 Å². The third-order valence-corrected chi connectivity index (χ3v) is 3.55. The summed E-state index contributed by atoms with van der Waals surface area (Å²) < 4.78 is 13.0. The highest BCUT2D eigenvalue weighted by Gasteiger charge is 2.35. The molecule has 1 aliphatic heterocycles. The summed E-state index contributed by atoms with van der Waals surface area (Å²) in [7, 11) is 0. The fraction of sp³-hybridized carbons (Fsp3) is 0.615. The first kappa shape index (κ1) is 14.9. The highest BCUT2D eigenvalue weighted by atomic mass is 16.5. The number of aliphatic hydroxyl groups excluding tert-OH is 2. The zero-order valence-corrected chi connectivity index (χ0v) is 12.2. The minimum Gasteiger partial charge on any atom is -0.476 e. The van der Waals surface area contributed by atoms with E-state index >= 15 is 0 Å². The van der Waals surface area contributed by atoms with Gasteiger partial charge in [0.1, 0.15) is 12.3 Å². The molecule has 2 aromatic rings. The van der Waals surface area contributed by atoms with Crippen LogP contribution in [-0.4, -0.2) is 55.2 Å². The Morgan fingerprint density at radius 1 is 1.50 bits per heavy atom. The van der Waals surface area contributed by atoms with E-state index in [0.29, 0.717) is 30.1 Å². The highest BCUT2D eigenvalue weighted by molar-refractivity contribution is 5.77. The number of nitrogen functional groups attached to an aromatic ring is 1. The molecule has 0 spiro atoms. The number of aromatic nitrogens is 4. The molecule has 120 valence electrons. The first-order valence-electron chi connectivity index (χ1n) is 7.21. The summed E-state index contributed by atoms with van der Waals surface area (Å²) in [5.41, 5.74) is 6.64. The standard InChI is InChI=1S/C13H19N5O4/c1-2-3-21-12-10-11(16-13(14)17-12)15-6-18(10)9-4-7(20)8(5-19)22-9/h6-9,19-20H,2-5H2,1H3,(H2,14,16,17)/t7-,8+,9+/m0/s1. The maximum Gasteiger partial charge on any atom is 0.245 e. The molecule has 0 aromatic carbocycles. The molecule has 22 heavy (non-hydrogen) atoms. The Morgan fingerprint density at radius 2 is 2.32 bits per heavy atom. The normalized spacial score (nSPS) is 25.0. The molecule has 0 bridgehead atoms. The topological polar surface area (TPSA) is 129 Å². The lowest BCUT2D eigenvalue weighted by atomic mass is 10.2. The summed E-state index contributed by atoms with van der Waals surface area (Å²) in [5, 5.41) is 19.1. The SMILES string of the molecule is CCCOc1nc(N)nc2ncn([C@H]3C[C@H](O)[C@@H](CO)O3)c12. The number of ether oxygens (including phenoxy) is 2. The lowest BCUT2D eigenvalue weighted by molar-refractivity contribution is -0.0431. The van der Waals surface area contributed by atoms with Gasteiger partial charge >= 0.3 is 0 Å². The van der Waals surface area contributed by atoms with E-state index in [1.54, 1.807) is 10.9 Å². The molecule has 2 aromatic heterocycles. The zero-order valence-electron chi connectivity index (χ0n) is 12.2. The van der Waals surface area contributed by atoms with E-state index in [1.165, 1.54) is 0 Å². The quantitative estimate of drug-likeness (QED) is 0.695. The average molecular weight is 309 g/mol. The predicted octanol–water partition coefficient (Wildman–Crippen LogP) is -0.162. The highest BCUT2D eigenvalue weighted by Crippen LogP contribution is 2.33. The van der Waals surface area contributed by atoms with Crippen LogP contribution in [0.25, 0.3) is 11.2 Å². The Hall–Kier alpha value is -1.97. The number of nitrogens with two attached hydrogens (primary N) is 1. The first-order valence-corrected chi connectivity index (χ1v) is 7.21. The Bertz CT molecular complexity index is 661. The Morgan fingerprint density at radius 3 is 3.00 bits per heavy atom. The number of hydrogen-bond donors (Lipinski definition) is 3. The van der Waals surface area contributed by atoms with Crippen LogP contribution in [0.1, 0.15) is 26.0 Å². The lowest BCUT2D eigenvalue weighted by Crippen LogP contribution is -2.24. The number of anilines is 1. The first-order chi connectivity index (χ1) is 10.6. The molecular formula is C13H19N5O4. The number of imidazole rings is 1. The van der Waals surface area contributed by atoms with Crippen molar-refractivity contribution in [3.8, 4) is 5.88 Å². The molecule has 1 fully saturated rings. The molecule has 9 nitrogen and oxygen atoms in total. The van der Waals surface area contributed by atoms with Crippen LogP contribution in [0.15, 0.2) is 6.33 Å². The average Bonchev–Trinajstić information content (AvgIpc) is 3.07. The number of fused-ring (bicyclic) bond motifs is 1. The Labute approximate surface area is 126 Å². The van der Waals surface area contributed by atoms with Crippen LogP contribution in [0.2, 0.25) is 0 Å². The Balaban J connectivity index is 2.00. The van der Waals surface area contributed by atoms with Crippen LogP contribution in [-0.2, 0) is 4.74 Å². The number of hydrogen-bond acceptors (Lipinski definition) is 8. The van der Waals surface area contributed by atoms with Gasteiger partial charge in [-0.1, -0.05) is 6.92 Å². The van der Waals surface area contributed by atoms with Gasteiger partial charge in [0.05, 0.1) is 25.6 Å². The van der Waals surface area contributed by atoms with Crippen molar-refractivity contribution in [2.24, 2.45) is 0 Å². The molecule has 3 heterocycles. The van der Waals surface area contributed by atoms with Gasteiger partial charge in [-0.2, -0.15) is 9.97 Å². The smallest absolute Gasteiger partial charge is 0.245 e. The minimum atomic E-state index is -0.734. The van der Waals surface area contributed by atoms with Crippen molar-refractivity contribution in [2.45, 2.75) is 38.2 Å². The third kappa shape index (κ3) is 2.58. The monoisotopic (exact) mass is 309 g/mol. The third-order valence-electron chi connectivity index (χ3n) is 3.55. The van der Waals surface area contributed by atoms with Gasteiger partial charge in [0.2, 0.25) is 11.8 Å². The van der Waals surface area contributed by atoms with Crippen molar-refractivity contribution < 1.29 is 19.7 Å². The second kappa shape index (κ2) is 6.03. The molecule has 0 saturated carbocycles. The largest absolute Gasteiger partial charge is 0.476 e. The molecule has 3 atom stereocenters. The van der Waals surface area contributed by atoms with Gasteiger partial charge in [0, 0.05) is 6.42 Å². The van der Waals surface area contributed by atoms with Crippen LogP contribution in [0, 0.1) is 0 Å². The maximum atomic E-state index is 9.88. The second-order valence-corrected chi connectivity index (χ2v) is 5.17. The fourth-order valence-corrected chi connectivity index (χ4v) is 2.50. The Kier molecular flexibility index (Phi) is 4.10. The molecule has 1 aliphatic rings. The molecule has 4 N–H and O–H groups in total. The van der Waals surface area contributed by atoms with E-state index in [9.17, 15) is 10.2 Å². The van der Waals surface area contributed by atoms with Crippen LogP contribution >= 0.6 is 0 Å². The van der Waals surface area contributed by atoms with E-state index < -0.39 is 18.4 Å². The van der Waals surface area contributed by atoms with Crippen molar-refractivity contribution in [2.75, 3.05) is 18.9 Å². The van der Waals surface area contributed by atoms with Gasteiger partial charge in [0.15, 0.2) is 11.2 Å². The summed E-state index contributed by atoms with van der Waals surface area (Å²) >= 11 is 0. The molecule has 0 amide bonds. The number of rotatable bonds is 5. The fourth-order valence-electron chi connectivity index (χ4n) is 2.50. The van der Waals surface area contributed by atoms with Crippen LogP contribution < -0.4 is 10.5 Å². The summed E-state index contributed by atoms with van der Waals surface area (Å²) in [4.78, 5) is 12.4. The minimum absolute atomic E-state index is 0.0875. The second-order valence-electron chi connectivity index (χ2n) is 5.17. The summed E-state index contributed by atoms with van der Waals surface area (Å²) in [6, 6.07) is 0. The van der Waals surface area contributed by atoms with Gasteiger partial charge < -0.3 is 25.4 Å². The molecular weight excluding hydrogens is 290 g/mol. The summed E-state index contributed by atoms with van der Waals surface area (Å²) in [6.45, 7) is 2.23. The molecule has 1 saturated heterocycles. The van der Waals surface area contributed by atoms with Crippen molar-refractivity contribution in [1.82, 2.24) is 19.5 Å². The van der Waals surface area contributed by atoms with Crippen LogP contribution in [0.3, 0.4) is 0 Å². The van der Waals surface area contributed by atoms with E-state index in [-0.39, 0.29) is 12.6 Å². The zero-order chi connectivity index (χ0) is 15.7. The van der Waals surface area contributed by atoms with Crippen LogP contribution in [0.4, 0.5) is 5.95 Å². The van der Waals surface area contributed by atoms with Crippen molar-refractivity contribution in [1.29, 1.82) is 0 Å². The van der Waals surface area contributed by atoms with E-state index in [2.05, 4.69) is 15.0 Å². The molecule has 0 radical (unpaired) electrons. The molecule has 9 heteroatoms. The molecule has 3 rings (SSSR count). The van der Waals surface area contributed by atoms with Crippen molar-refractivity contribution in [3.63, 3.8) is 0 Å². The van der Waals surface area contributed by atoms with Crippen molar-refractivity contribution >= 4 is 17.1 Å². The number of nitrogens with zero attached hydrogens (tertiary/aromatic N) is 4. The molecule has 0 aliphatic carbocycles. The van der Waals surface area contributed by atoms with Gasteiger partial charge in [-0.3, -0.25) is 4.57 Å². The van der Waals surface area contributed by atoms with Crippen molar-refractivity contribution in [3.05, 3.63) is 6.33 Å². The van der Waals surface area contributed by atoms with Gasteiger partial charge in [-0.05, 0) is 6.42 Å². The maximum absolute atomic E-state index is 9.88. The summed E-state index contributed by atoms with van der Waals surface area (Å²) in [5.74, 6) is 0.428. The predicted molar refractivity (Wildman–Crippen MR) is 77.1 cm³/mol. The van der Waals surface area contributed by atoms with Crippen LogP contribution in [0.5, 0.6) is 5.88 Å². The molecule has 0 unspecified atom stereocenters. The van der Waals surface area contributed by atoms with Gasteiger partial charge in [-0.15, -0.1) is 0 Å². The summed E-state index contributed by atoms with van der Waals surface area (Å²) in [6.07, 6.45) is 0.904.